The summed E-state index contributed by atoms with van der Waals surface area (Å²) >= 11 is 5.13. The van der Waals surface area contributed by atoms with Crippen LogP contribution in [-0.2, 0) is 6.54 Å². The first-order chi connectivity index (χ1) is 13.3. The van der Waals surface area contributed by atoms with E-state index in [1.807, 2.05) is 42.5 Å². The molecule has 0 aliphatic rings. The van der Waals surface area contributed by atoms with E-state index in [2.05, 4.69) is 45.3 Å². The lowest BCUT2D eigenvalue weighted by atomic mass is 10.2. The van der Waals surface area contributed by atoms with Gasteiger partial charge < -0.3 is 14.6 Å². The smallest absolute Gasteiger partial charge is 0.187 e. The van der Waals surface area contributed by atoms with E-state index in [0.717, 1.165) is 28.8 Å². The SMILES string of the molecule is C=CCNC(=S)N/N=C/c1cn(CCOc2ccccc2)c2ccccc12. The van der Waals surface area contributed by atoms with E-state index in [1.54, 1.807) is 12.3 Å². The van der Waals surface area contributed by atoms with Crippen LogP contribution in [0.1, 0.15) is 5.56 Å². The molecule has 0 aliphatic carbocycles. The highest BCUT2D eigenvalue weighted by Gasteiger charge is 2.06. The van der Waals surface area contributed by atoms with Crippen LogP contribution in [0.25, 0.3) is 10.9 Å². The van der Waals surface area contributed by atoms with E-state index in [4.69, 9.17) is 17.0 Å². The molecule has 0 aliphatic heterocycles. The highest BCUT2D eigenvalue weighted by atomic mass is 32.1. The number of hydrazone groups is 1. The fraction of sp³-hybridized carbons (Fsp3) is 0.143. The first kappa shape index (κ1) is 18.7. The number of fused-ring (bicyclic) bond motifs is 1. The van der Waals surface area contributed by atoms with E-state index in [-0.39, 0.29) is 0 Å². The van der Waals surface area contributed by atoms with Gasteiger partial charge in [-0.05, 0) is 30.4 Å². The van der Waals surface area contributed by atoms with Crippen molar-refractivity contribution in [3.05, 3.63) is 79.0 Å². The Bertz CT molecular complexity index is 934. The van der Waals surface area contributed by atoms with E-state index in [1.165, 1.54) is 0 Å². The molecule has 0 unspecified atom stereocenters. The molecular weight excluding hydrogens is 356 g/mol. The second-order valence-electron chi connectivity index (χ2n) is 5.83. The van der Waals surface area contributed by atoms with Crippen molar-refractivity contribution in [2.45, 2.75) is 6.54 Å². The van der Waals surface area contributed by atoms with Gasteiger partial charge in [0, 0.05) is 29.2 Å². The standard InChI is InChI=1S/C21H22N4OS/c1-2-12-22-21(27)24-23-15-17-16-25(20-11-7-6-10-19(17)20)13-14-26-18-8-4-3-5-9-18/h2-11,15-16H,1,12-14H2,(H2,22,24,27)/b23-15+. The zero-order valence-electron chi connectivity index (χ0n) is 15.0. The quantitative estimate of drug-likeness (QED) is 0.272. The molecule has 5 nitrogen and oxygen atoms in total. The van der Waals surface area contributed by atoms with Gasteiger partial charge in [0.15, 0.2) is 5.11 Å². The van der Waals surface area contributed by atoms with E-state index in [0.29, 0.717) is 18.3 Å². The molecule has 138 valence electrons. The topological polar surface area (TPSA) is 50.6 Å². The summed E-state index contributed by atoms with van der Waals surface area (Å²) in [5.41, 5.74) is 4.97. The van der Waals surface area contributed by atoms with Gasteiger partial charge in [-0.15, -0.1) is 6.58 Å². The highest BCUT2D eigenvalue weighted by molar-refractivity contribution is 7.80. The first-order valence-electron chi connectivity index (χ1n) is 8.71. The molecule has 0 bridgehead atoms. The Balaban J connectivity index is 1.67. The van der Waals surface area contributed by atoms with Gasteiger partial charge in [-0.25, -0.2) is 0 Å². The Hall–Kier alpha value is -3.12. The van der Waals surface area contributed by atoms with Crippen LogP contribution >= 0.6 is 12.2 Å². The second kappa shape index (κ2) is 9.54. The van der Waals surface area contributed by atoms with Gasteiger partial charge in [0.1, 0.15) is 12.4 Å². The zero-order valence-corrected chi connectivity index (χ0v) is 15.8. The second-order valence-corrected chi connectivity index (χ2v) is 6.23. The van der Waals surface area contributed by atoms with Crippen LogP contribution in [0.3, 0.4) is 0 Å². The molecule has 1 aromatic heterocycles. The number of para-hydroxylation sites is 2. The van der Waals surface area contributed by atoms with Crippen LogP contribution in [0.2, 0.25) is 0 Å². The van der Waals surface area contributed by atoms with Crippen molar-refractivity contribution >= 4 is 34.4 Å². The molecule has 2 aromatic carbocycles. The van der Waals surface area contributed by atoms with Crippen LogP contribution in [0.15, 0.2) is 78.6 Å². The van der Waals surface area contributed by atoms with Crippen molar-refractivity contribution in [2.75, 3.05) is 13.2 Å². The normalized spacial score (nSPS) is 10.8. The third-order valence-corrected chi connectivity index (χ3v) is 4.18. The van der Waals surface area contributed by atoms with Gasteiger partial charge in [-0.3, -0.25) is 5.43 Å². The molecule has 1 heterocycles. The number of nitrogens with one attached hydrogen (secondary N) is 2. The van der Waals surface area contributed by atoms with Crippen LogP contribution in [-0.4, -0.2) is 29.0 Å². The summed E-state index contributed by atoms with van der Waals surface area (Å²) in [5.74, 6) is 0.875. The first-order valence-corrected chi connectivity index (χ1v) is 9.12. The average Bonchev–Trinajstić information content (AvgIpc) is 3.05. The van der Waals surface area contributed by atoms with Crippen LogP contribution in [0, 0.1) is 0 Å². The molecule has 6 heteroatoms. The lowest BCUT2D eigenvalue weighted by Gasteiger charge is -2.08. The summed E-state index contributed by atoms with van der Waals surface area (Å²) in [7, 11) is 0. The summed E-state index contributed by atoms with van der Waals surface area (Å²) in [6, 6.07) is 18.1. The fourth-order valence-electron chi connectivity index (χ4n) is 2.71. The monoisotopic (exact) mass is 378 g/mol. The Morgan fingerprint density at radius 1 is 1.15 bits per heavy atom. The molecule has 3 aromatic rings. The van der Waals surface area contributed by atoms with Crippen LogP contribution in [0.5, 0.6) is 5.75 Å². The number of rotatable bonds is 8. The van der Waals surface area contributed by atoms with E-state index in [9.17, 15) is 0 Å². The van der Waals surface area contributed by atoms with Crippen molar-refractivity contribution in [3.8, 4) is 5.75 Å². The van der Waals surface area contributed by atoms with Crippen LogP contribution < -0.4 is 15.5 Å². The predicted molar refractivity (Wildman–Crippen MR) is 115 cm³/mol. The minimum atomic E-state index is 0.464. The highest BCUT2D eigenvalue weighted by Crippen LogP contribution is 2.20. The summed E-state index contributed by atoms with van der Waals surface area (Å²) < 4.78 is 7.99. The predicted octanol–water partition coefficient (Wildman–Crippen LogP) is 3.70. The Morgan fingerprint density at radius 3 is 2.74 bits per heavy atom. The Labute approximate surface area is 164 Å². The lowest BCUT2D eigenvalue weighted by molar-refractivity contribution is 0.300. The number of hydrogen-bond acceptors (Lipinski definition) is 3. The maximum Gasteiger partial charge on any atom is 0.187 e. The molecule has 0 fully saturated rings. The van der Waals surface area contributed by atoms with Crippen molar-refractivity contribution in [1.82, 2.24) is 15.3 Å². The van der Waals surface area contributed by atoms with E-state index >= 15 is 0 Å². The summed E-state index contributed by atoms with van der Waals surface area (Å²) in [5, 5.41) is 8.80. The molecule has 0 atom stereocenters. The third-order valence-electron chi connectivity index (χ3n) is 3.94. The molecular formula is C21H22N4OS. The van der Waals surface area contributed by atoms with Crippen molar-refractivity contribution in [1.29, 1.82) is 0 Å². The molecule has 0 amide bonds. The maximum absolute atomic E-state index is 5.82. The number of thiocarbonyl (C=S) groups is 1. The van der Waals surface area contributed by atoms with Crippen molar-refractivity contribution < 1.29 is 4.74 Å². The molecule has 27 heavy (non-hydrogen) atoms. The Morgan fingerprint density at radius 2 is 1.93 bits per heavy atom. The summed E-state index contributed by atoms with van der Waals surface area (Å²) in [6.07, 6.45) is 5.59. The van der Waals surface area contributed by atoms with Gasteiger partial charge in [0.2, 0.25) is 0 Å². The van der Waals surface area contributed by atoms with Gasteiger partial charge in [-0.2, -0.15) is 5.10 Å². The van der Waals surface area contributed by atoms with Crippen LogP contribution in [0.4, 0.5) is 0 Å². The van der Waals surface area contributed by atoms with Gasteiger partial charge in [-0.1, -0.05) is 42.5 Å². The molecule has 0 saturated heterocycles. The summed E-state index contributed by atoms with van der Waals surface area (Å²) in [4.78, 5) is 0. The number of hydrogen-bond donors (Lipinski definition) is 2. The van der Waals surface area contributed by atoms with Gasteiger partial charge in [0.25, 0.3) is 0 Å². The molecule has 0 radical (unpaired) electrons. The third kappa shape index (κ3) is 5.18. The van der Waals surface area contributed by atoms with Crippen molar-refractivity contribution in [2.24, 2.45) is 5.10 Å². The minimum Gasteiger partial charge on any atom is -0.492 e. The molecule has 2 N–H and O–H groups in total. The maximum atomic E-state index is 5.82. The molecule has 0 saturated carbocycles. The number of benzene rings is 2. The lowest BCUT2D eigenvalue weighted by Crippen LogP contribution is -2.31. The molecule has 0 spiro atoms. The number of aromatic nitrogens is 1. The molecule has 3 rings (SSSR count). The van der Waals surface area contributed by atoms with Gasteiger partial charge in [0.05, 0.1) is 12.8 Å². The van der Waals surface area contributed by atoms with Gasteiger partial charge >= 0.3 is 0 Å². The van der Waals surface area contributed by atoms with E-state index < -0.39 is 0 Å². The fourth-order valence-corrected chi connectivity index (χ4v) is 2.84. The van der Waals surface area contributed by atoms with Crippen molar-refractivity contribution in [3.63, 3.8) is 0 Å². The number of ether oxygens (including phenoxy) is 1. The zero-order chi connectivity index (χ0) is 18.9. The minimum absolute atomic E-state index is 0.464. The largest absolute Gasteiger partial charge is 0.492 e. The summed E-state index contributed by atoms with van der Waals surface area (Å²) in [6.45, 7) is 5.58. The Kier molecular flexibility index (Phi) is 6.60. The number of nitrogens with zero attached hydrogens (tertiary/aromatic N) is 2. The average molecular weight is 379 g/mol.